The zero-order chi connectivity index (χ0) is 13.7. The van der Waals surface area contributed by atoms with Crippen LogP contribution in [-0.4, -0.2) is 23.6 Å². The van der Waals surface area contributed by atoms with Gasteiger partial charge in [0.25, 0.3) is 0 Å². The summed E-state index contributed by atoms with van der Waals surface area (Å²) in [5.41, 5.74) is 2.03. The minimum absolute atomic E-state index is 0.432. The first kappa shape index (κ1) is 14.2. The van der Waals surface area contributed by atoms with Gasteiger partial charge < -0.3 is 10.1 Å². The molecule has 2 rings (SSSR count). The summed E-state index contributed by atoms with van der Waals surface area (Å²) < 4.78 is 6.41. The molecule has 0 unspecified atom stereocenters. The van der Waals surface area contributed by atoms with Crippen LogP contribution < -0.4 is 5.32 Å². The van der Waals surface area contributed by atoms with Gasteiger partial charge in [-0.2, -0.15) is 0 Å². The standard InChI is InChI=1S/C14H16IN3O/c1-3-19-9-11-17-13(10-7-5-4-6-8-10)12(15)14(16-2)18-11/h4-8H,3,9H2,1-2H3,(H,16,17,18). The summed E-state index contributed by atoms with van der Waals surface area (Å²) in [5.74, 6) is 1.54. The second-order valence-corrected chi connectivity index (χ2v) is 4.98. The first-order valence-electron chi connectivity index (χ1n) is 6.13. The summed E-state index contributed by atoms with van der Waals surface area (Å²) in [4.78, 5) is 9.06. The van der Waals surface area contributed by atoms with Gasteiger partial charge in [0, 0.05) is 19.2 Å². The van der Waals surface area contributed by atoms with Crippen molar-refractivity contribution in [2.24, 2.45) is 0 Å². The third-order valence-corrected chi connectivity index (χ3v) is 3.64. The van der Waals surface area contributed by atoms with E-state index in [1.807, 2.05) is 44.3 Å². The van der Waals surface area contributed by atoms with Crippen LogP contribution in [0.25, 0.3) is 11.3 Å². The average Bonchev–Trinajstić information content (AvgIpc) is 2.47. The summed E-state index contributed by atoms with van der Waals surface area (Å²) in [7, 11) is 1.86. The zero-order valence-corrected chi connectivity index (χ0v) is 13.1. The number of hydrogen-bond acceptors (Lipinski definition) is 4. The van der Waals surface area contributed by atoms with Crippen LogP contribution in [0.4, 0.5) is 5.82 Å². The molecule has 0 fully saturated rings. The number of halogens is 1. The van der Waals surface area contributed by atoms with Crippen molar-refractivity contribution in [3.8, 4) is 11.3 Å². The molecule has 5 heteroatoms. The molecule has 1 aromatic heterocycles. The van der Waals surface area contributed by atoms with Gasteiger partial charge in [-0.25, -0.2) is 9.97 Å². The molecule has 0 amide bonds. The highest BCUT2D eigenvalue weighted by Gasteiger charge is 2.12. The van der Waals surface area contributed by atoms with E-state index >= 15 is 0 Å². The number of nitrogens with one attached hydrogen (secondary N) is 1. The Kier molecular flexibility index (Phi) is 5.09. The highest BCUT2D eigenvalue weighted by Crippen LogP contribution is 2.27. The van der Waals surface area contributed by atoms with E-state index in [9.17, 15) is 0 Å². The van der Waals surface area contributed by atoms with Gasteiger partial charge in [-0.15, -0.1) is 0 Å². The van der Waals surface area contributed by atoms with Gasteiger partial charge in [0.1, 0.15) is 12.4 Å². The van der Waals surface area contributed by atoms with E-state index < -0.39 is 0 Å². The smallest absolute Gasteiger partial charge is 0.157 e. The van der Waals surface area contributed by atoms with Gasteiger partial charge >= 0.3 is 0 Å². The van der Waals surface area contributed by atoms with Crippen LogP contribution in [0.2, 0.25) is 0 Å². The fraction of sp³-hybridized carbons (Fsp3) is 0.286. The van der Waals surface area contributed by atoms with E-state index in [0.717, 1.165) is 20.6 Å². The zero-order valence-electron chi connectivity index (χ0n) is 11.0. The van der Waals surface area contributed by atoms with E-state index in [-0.39, 0.29) is 0 Å². The quantitative estimate of drug-likeness (QED) is 0.822. The van der Waals surface area contributed by atoms with Gasteiger partial charge in [0.2, 0.25) is 0 Å². The van der Waals surface area contributed by atoms with Gasteiger partial charge in [-0.3, -0.25) is 0 Å². The first-order chi connectivity index (χ1) is 9.26. The minimum atomic E-state index is 0.432. The SMILES string of the molecule is CCOCc1nc(NC)c(I)c(-c2ccccc2)n1. The molecule has 2 aromatic rings. The normalized spacial score (nSPS) is 10.5. The highest BCUT2D eigenvalue weighted by atomic mass is 127. The number of aromatic nitrogens is 2. The van der Waals surface area contributed by atoms with Crippen LogP contribution in [0.1, 0.15) is 12.7 Å². The molecule has 0 radical (unpaired) electrons. The van der Waals surface area contributed by atoms with Crippen LogP contribution in [-0.2, 0) is 11.3 Å². The third-order valence-electron chi connectivity index (χ3n) is 2.62. The first-order valence-corrected chi connectivity index (χ1v) is 7.21. The molecule has 19 heavy (non-hydrogen) atoms. The molecule has 1 aromatic carbocycles. The second-order valence-electron chi connectivity index (χ2n) is 3.90. The minimum Gasteiger partial charge on any atom is -0.374 e. The molecule has 0 aliphatic carbocycles. The molecule has 0 bridgehead atoms. The number of nitrogens with zero attached hydrogens (tertiary/aromatic N) is 2. The van der Waals surface area contributed by atoms with E-state index in [2.05, 4.69) is 37.9 Å². The predicted octanol–water partition coefficient (Wildman–Crippen LogP) is 3.33. The van der Waals surface area contributed by atoms with Crippen LogP contribution in [0.5, 0.6) is 0 Å². The van der Waals surface area contributed by atoms with Gasteiger partial charge in [0.15, 0.2) is 5.82 Å². The van der Waals surface area contributed by atoms with Crippen molar-refractivity contribution < 1.29 is 4.74 Å². The summed E-state index contributed by atoms with van der Waals surface area (Å²) in [6.07, 6.45) is 0. The monoisotopic (exact) mass is 369 g/mol. The Labute approximate surface area is 126 Å². The van der Waals surface area contributed by atoms with Gasteiger partial charge in [-0.1, -0.05) is 30.3 Å². The molecular formula is C14H16IN3O. The Balaban J connectivity index is 2.46. The van der Waals surface area contributed by atoms with Crippen LogP contribution in [0.3, 0.4) is 0 Å². The van der Waals surface area contributed by atoms with Crippen molar-refractivity contribution >= 4 is 28.4 Å². The fourth-order valence-electron chi connectivity index (χ4n) is 1.70. The number of benzene rings is 1. The Morgan fingerprint density at radius 2 is 1.95 bits per heavy atom. The lowest BCUT2D eigenvalue weighted by molar-refractivity contribution is 0.128. The lowest BCUT2D eigenvalue weighted by atomic mass is 10.1. The van der Waals surface area contributed by atoms with Crippen molar-refractivity contribution in [2.45, 2.75) is 13.5 Å². The van der Waals surface area contributed by atoms with Crippen molar-refractivity contribution in [2.75, 3.05) is 19.0 Å². The summed E-state index contributed by atoms with van der Waals surface area (Å²) in [5, 5.41) is 3.11. The third kappa shape index (κ3) is 3.42. The average molecular weight is 369 g/mol. The predicted molar refractivity (Wildman–Crippen MR) is 85.1 cm³/mol. The molecule has 0 spiro atoms. The number of ether oxygens (including phenoxy) is 1. The summed E-state index contributed by atoms with van der Waals surface area (Å²) in [6.45, 7) is 3.05. The Hall–Kier alpha value is -1.21. The van der Waals surface area contributed by atoms with Gasteiger partial charge in [-0.05, 0) is 29.5 Å². The Bertz CT molecular complexity index is 546. The molecule has 1 heterocycles. The molecule has 0 saturated carbocycles. The second kappa shape index (κ2) is 6.81. The maximum Gasteiger partial charge on any atom is 0.157 e. The molecule has 100 valence electrons. The lowest BCUT2D eigenvalue weighted by Crippen LogP contribution is -2.06. The summed E-state index contributed by atoms with van der Waals surface area (Å²) in [6, 6.07) is 10.1. The molecule has 0 aliphatic rings. The Morgan fingerprint density at radius 1 is 1.21 bits per heavy atom. The molecule has 0 atom stereocenters. The van der Waals surface area contributed by atoms with Crippen LogP contribution >= 0.6 is 22.6 Å². The molecular weight excluding hydrogens is 353 g/mol. The number of anilines is 1. The molecule has 0 saturated heterocycles. The lowest BCUT2D eigenvalue weighted by Gasteiger charge is -2.11. The maximum atomic E-state index is 5.39. The van der Waals surface area contributed by atoms with Crippen molar-refractivity contribution in [3.63, 3.8) is 0 Å². The molecule has 1 N–H and O–H groups in total. The van der Waals surface area contributed by atoms with Gasteiger partial charge in [0.05, 0.1) is 9.26 Å². The van der Waals surface area contributed by atoms with E-state index in [1.165, 1.54) is 0 Å². The van der Waals surface area contributed by atoms with E-state index in [4.69, 9.17) is 4.74 Å². The van der Waals surface area contributed by atoms with Crippen LogP contribution in [0.15, 0.2) is 30.3 Å². The van der Waals surface area contributed by atoms with E-state index in [0.29, 0.717) is 19.0 Å². The maximum absolute atomic E-state index is 5.39. The fourth-order valence-corrected chi connectivity index (χ4v) is 2.53. The Morgan fingerprint density at radius 3 is 2.58 bits per heavy atom. The van der Waals surface area contributed by atoms with Crippen molar-refractivity contribution in [1.82, 2.24) is 9.97 Å². The van der Waals surface area contributed by atoms with Crippen molar-refractivity contribution in [1.29, 1.82) is 0 Å². The topological polar surface area (TPSA) is 47.0 Å². The largest absolute Gasteiger partial charge is 0.374 e. The van der Waals surface area contributed by atoms with Crippen molar-refractivity contribution in [3.05, 3.63) is 39.7 Å². The highest BCUT2D eigenvalue weighted by molar-refractivity contribution is 14.1. The number of rotatable bonds is 5. The number of hydrogen-bond donors (Lipinski definition) is 1. The molecule has 0 aliphatic heterocycles. The molecule has 4 nitrogen and oxygen atoms in total. The summed E-state index contributed by atoms with van der Waals surface area (Å²) >= 11 is 2.27. The van der Waals surface area contributed by atoms with E-state index in [1.54, 1.807) is 0 Å². The van der Waals surface area contributed by atoms with Crippen LogP contribution in [0, 0.1) is 3.57 Å².